The number of carbonyl (C=O) groups excluding carboxylic acids is 1. The third kappa shape index (κ3) is 2.95. The van der Waals surface area contributed by atoms with Crippen LogP contribution in [0.2, 0.25) is 0 Å². The molecule has 0 saturated heterocycles. The molecule has 0 unspecified atom stereocenters. The summed E-state index contributed by atoms with van der Waals surface area (Å²) >= 11 is 0. The lowest BCUT2D eigenvalue weighted by molar-refractivity contribution is -0.154. The molecule has 1 N–H and O–H groups in total. The van der Waals surface area contributed by atoms with Crippen LogP contribution in [0.5, 0.6) is 0 Å². The summed E-state index contributed by atoms with van der Waals surface area (Å²) in [5, 5.41) is 3.30. The van der Waals surface area contributed by atoms with Crippen LogP contribution in [0.15, 0.2) is 0 Å². The topological polar surface area (TPSA) is 47.6 Å². The molecule has 1 rings (SSSR count). The number of rotatable bonds is 5. The van der Waals surface area contributed by atoms with E-state index in [0.29, 0.717) is 12.7 Å². The first kappa shape index (κ1) is 13.5. The van der Waals surface area contributed by atoms with E-state index in [1.165, 1.54) is 0 Å². The van der Waals surface area contributed by atoms with Crippen molar-refractivity contribution in [2.75, 3.05) is 20.3 Å². The Kier molecular flexibility index (Phi) is 5.22. The molecule has 0 amide bonds. The fourth-order valence-electron chi connectivity index (χ4n) is 2.38. The van der Waals surface area contributed by atoms with Crippen molar-refractivity contribution in [1.29, 1.82) is 0 Å². The van der Waals surface area contributed by atoms with Gasteiger partial charge in [-0.1, -0.05) is 6.92 Å². The van der Waals surface area contributed by atoms with Crippen LogP contribution in [0, 0.1) is 0 Å². The summed E-state index contributed by atoms with van der Waals surface area (Å²) in [5.41, 5.74) is -0.472. The zero-order valence-electron chi connectivity index (χ0n) is 10.5. The van der Waals surface area contributed by atoms with E-state index < -0.39 is 5.54 Å². The van der Waals surface area contributed by atoms with Gasteiger partial charge < -0.3 is 14.8 Å². The molecule has 0 atom stereocenters. The van der Waals surface area contributed by atoms with Crippen molar-refractivity contribution in [3.05, 3.63) is 0 Å². The molecule has 16 heavy (non-hydrogen) atoms. The number of ether oxygens (including phenoxy) is 2. The molecule has 0 bridgehead atoms. The molecule has 4 heteroatoms. The molecule has 0 aliphatic heterocycles. The van der Waals surface area contributed by atoms with Gasteiger partial charge in [0.05, 0.1) is 12.7 Å². The zero-order valence-corrected chi connectivity index (χ0v) is 10.5. The van der Waals surface area contributed by atoms with Gasteiger partial charge in [0.2, 0.25) is 0 Å². The summed E-state index contributed by atoms with van der Waals surface area (Å²) in [6, 6.07) is 0. The summed E-state index contributed by atoms with van der Waals surface area (Å²) in [6.45, 7) is 5.10. The maximum Gasteiger partial charge on any atom is 0.326 e. The Morgan fingerprint density at radius 3 is 2.44 bits per heavy atom. The summed E-state index contributed by atoms with van der Waals surface area (Å²) in [5.74, 6) is -0.105. The van der Waals surface area contributed by atoms with Crippen LogP contribution in [0.3, 0.4) is 0 Å². The maximum absolute atomic E-state index is 12.0. The number of hydrogen-bond donors (Lipinski definition) is 1. The molecule has 4 nitrogen and oxygen atoms in total. The van der Waals surface area contributed by atoms with Gasteiger partial charge in [0, 0.05) is 7.11 Å². The average Bonchev–Trinajstić information content (AvgIpc) is 2.30. The molecule has 0 aromatic heterocycles. The van der Waals surface area contributed by atoms with E-state index in [-0.39, 0.29) is 5.97 Å². The smallest absolute Gasteiger partial charge is 0.326 e. The van der Waals surface area contributed by atoms with Crippen LogP contribution in [-0.4, -0.2) is 37.9 Å². The molecule has 1 aliphatic rings. The molecule has 0 aromatic carbocycles. The van der Waals surface area contributed by atoms with Gasteiger partial charge in [-0.25, -0.2) is 0 Å². The third-order valence-electron chi connectivity index (χ3n) is 3.30. The number of likely N-dealkylation sites (N-methyl/N-ethyl adjacent to an activating group) is 1. The lowest BCUT2D eigenvalue weighted by atomic mass is 9.80. The van der Waals surface area contributed by atoms with E-state index in [1.807, 2.05) is 13.8 Å². The standard InChI is InChI=1S/C12H23NO3/c1-4-13-12(11(14)16-5-2)8-6-10(15-3)7-9-12/h10,13H,4-9H2,1-3H3. The fraction of sp³-hybridized carbons (Fsp3) is 0.917. The van der Waals surface area contributed by atoms with Crippen LogP contribution in [0.25, 0.3) is 0 Å². The van der Waals surface area contributed by atoms with Gasteiger partial charge in [-0.2, -0.15) is 0 Å². The second-order valence-electron chi connectivity index (χ2n) is 4.27. The Labute approximate surface area is 97.7 Å². The van der Waals surface area contributed by atoms with E-state index in [4.69, 9.17) is 9.47 Å². The number of esters is 1. The molecule has 1 fully saturated rings. The van der Waals surface area contributed by atoms with Crippen molar-refractivity contribution in [3.63, 3.8) is 0 Å². The van der Waals surface area contributed by atoms with E-state index in [0.717, 1.165) is 32.2 Å². The van der Waals surface area contributed by atoms with Crippen LogP contribution in [0.4, 0.5) is 0 Å². The van der Waals surface area contributed by atoms with Gasteiger partial charge in [0.25, 0.3) is 0 Å². The molecule has 0 aromatic rings. The third-order valence-corrected chi connectivity index (χ3v) is 3.30. The Hall–Kier alpha value is -0.610. The van der Waals surface area contributed by atoms with E-state index in [2.05, 4.69) is 5.32 Å². The molecule has 0 radical (unpaired) electrons. The SMILES string of the molecule is CCNC1(C(=O)OCC)CCC(OC)CC1. The summed E-state index contributed by atoms with van der Waals surface area (Å²) < 4.78 is 10.5. The second-order valence-corrected chi connectivity index (χ2v) is 4.27. The van der Waals surface area contributed by atoms with Gasteiger partial charge in [-0.3, -0.25) is 4.79 Å². The molecule has 1 aliphatic carbocycles. The molecular weight excluding hydrogens is 206 g/mol. The number of carbonyl (C=O) groups is 1. The van der Waals surface area contributed by atoms with Gasteiger partial charge in [-0.15, -0.1) is 0 Å². The van der Waals surface area contributed by atoms with Gasteiger partial charge in [0.15, 0.2) is 0 Å². The number of hydrogen-bond acceptors (Lipinski definition) is 4. The highest BCUT2D eigenvalue weighted by atomic mass is 16.5. The minimum absolute atomic E-state index is 0.105. The summed E-state index contributed by atoms with van der Waals surface area (Å²) in [7, 11) is 1.73. The first-order chi connectivity index (χ1) is 7.68. The highest BCUT2D eigenvalue weighted by molar-refractivity contribution is 5.81. The molecule has 94 valence electrons. The molecular formula is C12H23NO3. The first-order valence-corrected chi connectivity index (χ1v) is 6.13. The lowest BCUT2D eigenvalue weighted by Crippen LogP contribution is -2.55. The van der Waals surface area contributed by atoms with Crippen LogP contribution in [0.1, 0.15) is 39.5 Å². The lowest BCUT2D eigenvalue weighted by Gasteiger charge is -2.38. The van der Waals surface area contributed by atoms with Crippen molar-refractivity contribution in [3.8, 4) is 0 Å². The normalized spacial score (nSPS) is 30.1. The fourth-order valence-corrected chi connectivity index (χ4v) is 2.38. The van der Waals surface area contributed by atoms with Gasteiger partial charge in [-0.05, 0) is 39.2 Å². The Bertz CT molecular complexity index is 222. The van der Waals surface area contributed by atoms with Crippen LogP contribution in [-0.2, 0) is 14.3 Å². The predicted molar refractivity (Wildman–Crippen MR) is 62.3 cm³/mol. The van der Waals surface area contributed by atoms with E-state index in [9.17, 15) is 4.79 Å². The van der Waals surface area contributed by atoms with Crippen molar-refractivity contribution < 1.29 is 14.3 Å². The predicted octanol–water partition coefficient (Wildman–Crippen LogP) is 1.49. The van der Waals surface area contributed by atoms with Gasteiger partial charge >= 0.3 is 5.97 Å². The van der Waals surface area contributed by atoms with Crippen molar-refractivity contribution in [2.45, 2.75) is 51.2 Å². The second kappa shape index (κ2) is 6.21. The number of methoxy groups -OCH3 is 1. The average molecular weight is 229 g/mol. The summed E-state index contributed by atoms with van der Waals surface area (Å²) in [4.78, 5) is 12.0. The van der Waals surface area contributed by atoms with Crippen molar-refractivity contribution >= 4 is 5.97 Å². The van der Waals surface area contributed by atoms with Gasteiger partial charge in [0.1, 0.15) is 5.54 Å². The quantitative estimate of drug-likeness (QED) is 0.726. The Morgan fingerprint density at radius 2 is 2.00 bits per heavy atom. The largest absolute Gasteiger partial charge is 0.465 e. The highest BCUT2D eigenvalue weighted by Gasteiger charge is 2.42. The molecule has 1 saturated carbocycles. The van der Waals surface area contributed by atoms with Crippen molar-refractivity contribution in [1.82, 2.24) is 5.32 Å². The van der Waals surface area contributed by atoms with E-state index in [1.54, 1.807) is 7.11 Å². The Balaban J connectivity index is 2.63. The monoisotopic (exact) mass is 229 g/mol. The minimum Gasteiger partial charge on any atom is -0.465 e. The van der Waals surface area contributed by atoms with Crippen LogP contribution < -0.4 is 5.32 Å². The van der Waals surface area contributed by atoms with Crippen LogP contribution >= 0.6 is 0 Å². The number of nitrogens with one attached hydrogen (secondary N) is 1. The molecule has 0 heterocycles. The maximum atomic E-state index is 12.0. The minimum atomic E-state index is -0.472. The highest BCUT2D eigenvalue weighted by Crippen LogP contribution is 2.30. The van der Waals surface area contributed by atoms with Crippen molar-refractivity contribution in [2.24, 2.45) is 0 Å². The zero-order chi connectivity index (χ0) is 12.0. The summed E-state index contributed by atoms with van der Waals surface area (Å²) in [6.07, 6.45) is 3.74. The molecule has 0 spiro atoms. The Morgan fingerprint density at radius 1 is 1.38 bits per heavy atom. The first-order valence-electron chi connectivity index (χ1n) is 6.13. The van der Waals surface area contributed by atoms with E-state index >= 15 is 0 Å².